The van der Waals surface area contributed by atoms with E-state index in [9.17, 15) is 17.6 Å². The van der Waals surface area contributed by atoms with Gasteiger partial charge in [-0.3, -0.25) is 0 Å². The summed E-state index contributed by atoms with van der Waals surface area (Å²) in [5.41, 5.74) is 0.841. The Morgan fingerprint density at radius 3 is 2.38 bits per heavy atom. The summed E-state index contributed by atoms with van der Waals surface area (Å²) in [6.07, 6.45) is 0. The smallest absolute Gasteiger partial charge is 0.315 e. The first-order valence-corrected chi connectivity index (χ1v) is 9.46. The predicted molar refractivity (Wildman–Crippen MR) is 97.5 cm³/mol. The van der Waals surface area contributed by atoms with Gasteiger partial charge in [-0.25, -0.2) is 21.9 Å². The van der Waals surface area contributed by atoms with Crippen LogP contribution in [0.15, 0.2) is 53.4 Å². The summed E-state index contributed by atoms with van der Waals surface area (Å²) >= 11 is 0. The number of hydrogen-bond donors (Lipinski definition) is 2. The fourth-order valence-electron chi connectivity index (χ4n) is 2.43. The highest BCUT2D eigenvalue weighted by atomic mass is 32.2. The Morgan fingerprint density at radius 2 is 1.73 bits per heavy atom. The Bertz CT molecular complexity index is 885. The van der Waals surface area contributed by atoms with Crippen molar-refractivity contribution in [1.82, 2.24) is 14.9 Å². The molecule has 0 fully saturated rings. The summed E-state index contributed by atoms with van der Waals surface area (Å²) in [6.45, 7) is 1.70. The molecule has 0 radical (unpaired) electrons. The molecule has 0 saturated carbocycles. The lowest BCUT2D eigenvalue weighted by atomic mass is 10.1. The molecule has 6 nitrogen and oxygen atoms in total. The average Bonchev–Trinajstić information content (AvgIpc) is 2.60. The van der Waals surface area contributed by atoms with Crippen LogP contribution in [0.2, 0.25) is 0 Å². The number of sulfonamides is 1. The fourth-order valence-corrected chi connectivity index (χ4v) is 3.54. The molecule has 0 aliphatic heterocycles. The van der Waals surface area contributed by atoms with Crippen LogP contribution in [-0.4, -0.2) is 32.8 Å². The number of nitrogens with one attached hydrogen (secondary N) is 2. The molecule has 0 aliphatic carbocycles. The molecular formula is C18H22FN3O3S. The number of halogens is 1. The van der Waals surface area contributed by atoms with E-state index >= 15 is 0 Å². The van der Waals surface area contributed by atoms with E-state index in [1.54, 1.807) is 43.3 Å². The van der Waals surface area contributed by atoms with Crippen LogP contribution in [0.4, 0.5) is 9.18 Å². The number of amides is 2. The van der Waals surface area contributed by atoms with Crippen LogP contribution < -0.4 is 10.6 Å². The minimum atomic E-state index is -3.62. The summed E-state index contributed by atoms with van der Waals surface area (Å²) in [7, 11) is -0.722. The van der Waals surface area contributed by atoms with Crippen LogP contribution in [0.5, 0.6) is 0 Å². The molecule has 140 valence electrons. The van der Waals surface area contributed by atoms with Crippen molar-refractivity contribution in [3.05, 3.63) is 65.5 Å². The van der Waals surface area contributed by atoms with Gasteiger partial charge in [-0.15, -0.1) is 0 Å². The van der Waals surface area contributed by atoms with Crippen molar-refractivity contribution in [2.75, 3.05) is 14.1 Å². The minimum absolute atomic E-state index is 0.0269. The third kappa shape index (κ3) is 4.59. The molecule has 2 aromatic carbocycles. The van der Waals surface area contributed by atoms with E-state index in [0.29, 0.717) is 11.1 Å². The zero-order valence-corrected chi connectivity index (χ0v) is 15.7. The second-order valence-corrected chi connectivity index (χ2v) is 8.09. The monoisotopic (exact) mass is 379 g/mol. The van der Waals surface area contributed by atoms with Gasteiger partial charge in [-0.05, 0) is 24.6 Å². The first-order chi connectivity index (χ1) is 12.2. The molecule has 0 saturated heterocycles. The molecule has 0 aromatic heterocycles. The molecule has 0 spiro atoms. The molecule has 0 heterocycles. The van der Waals surface area contributed by atoms with Gasteiger partial charge in [0, 0.05) is 26.2 Å². The Balaban J connectivity index is 2.06. The van der Waals surface area contributed by atoms with Crippen molar-refractivity contribution in [3.63, 3.8) is 0 Å². The van der Waals surface area contributed by atoms with E-state index in [2.05, 4.69) is 10.6 Å². The lowest BCUT2D eigenvalue weighted by molar-refractivity contribution is 0.237. The van der Waals surface area contributed by atoms with Crippen LogP contribution >= 0.6 is 0 Å². The minimum Gasteiger partial charge on any atom is -0.334 e. The highest BCUT2D eigenvalue weighted by Gasteiger charge is 2.21. The van der Waals surface area contributed by atoms with Gasteiger partial charge in [-0.2, -0.15) is 0 Å². The Hall–Kier alpha value is -2.45. The first kappa shape index (κ1) is 19.9. The summed E-state index contributed by atoms with van der Waals surface area (Å²) in [6, 6.07) is 11.6. The largest absolute Gasteiger partial charge is 0.334 e. The number of carbonyl (C=O) groups is 1. The van der Waals surface area contributed by atoms with Crippen LogP contribution in [-0.2, 0) is 16.6 Å². The molecule has 0 unspecified atom stereocenters. The quantitative estimate of drug-likeness (QED) is 0.810. The van der Waals surface area contributed by atoms with Crippen molar-refractivity contribution in [3.8, 4) is 0 Å². The van der Waals surface area contributed by atoms with E-state index in [1.165, 1.54) is 26.2 Å². The highest BCUT2D eigenvalue weighted by Crippen LogP contribution is 2.19. The van der Waals surface area contributed by atoms with Gasteiger partial charge in [0.1, 0.15) is 5.82 Å². The van der Waals surface area contributed by atoms with Crippen molar-refractivity contribution < 1.29 is 17.6 Å². The summed E-state index contributed by atoms with van der Waals surface area (Å²) in [5.74, 6) is -0.400. The Labute approximate surface area is 153 Å². The summed E-state index contributed by atoms with van der Waals surface area (Å²) < 4.78 is 39.6. The molecule has 2 aromatic rings. The van der Waals surface area contributed by atoms with Crippen LogP contribution in [0.1, 0.15) is 24.1 Å². The van der Waals surface area contributed by atoms with E-state index < -0.39 is 27.9 Å². The van der Waals surface area contributed by atoms with Gasteiger partial charge in [0.25, 0.3) is 0 Å². The second kappa shape index (κ2) is 8.29. The van der Waals surface area contributed by atoms with E-state index in [1.807, 2.05) is 0 Å². The van der Waals surface area contributed by atoms with E-state index in [0.717, 1.165) is 4.31 Å². The van der Waals surface area contributed by atoms with Gasteiger partial charge in [0.2, 0.25) is 10.0 Å². The zero-order chi connectivity index (χ0) is 19.3. The first-order valence-electron chi connectivity index (χ1n) is 8.02. The lowest BCUT2D eigenvalue weighted by Gasteiger charge is -2.17. The van der Waals surface area contributed by atoms with Crippen LogP contribution in [0.25, 0.3) is 0 Å². The van der Waals surface area contributed by atoms with Crippen molar-refractivity contribution in [1.29, 1.82) is 0 Å². The zero-order valence-electron chi connectivity index (χ0n) is 14.9. The fraction of sp³-hybridized carbons (Fsp3) is 0.278. The molecule has 2 N–H and O–H groups in total. The lowest BCUT2D eigenvalue weighted by Crippen LogP contribution is -2.37. The molecule has 1 atom stereocenters. The van der Waals surface area contributed by atoms with Crippen molar-refractivity contribution in [2.24, 2.45) is 0 Å². The standard InChI is InChI=1S/C18H22FN3O3S/c1-13(15-9-5-6-10-16(15)19)21-18(23)20-12-14-8-4-7-11-17(14)26(24,25)22(2)3/h4-11,13H,12H2,1-3H3,(H2,20,21,23)/t13-/m1/s1. The van der Waals surface area contributed by atoms with Gasteiger partial charge < -0.3 is 10.6 Å². The van der Waals surface area contributed by atoms with Gasteiger partial charge >= 0.3 is 6.03 Å². The van der Waals surface area contributed by atoms with Crippen molar-refractivity contribution >= 4 is 16.1 Å². The Morgan fingerprint density at radius 1 is 1.12 bits per heavy atom. The maximum Gasteiger partial charge on any atom is 0.315 e. The van der Waals surface area contributed by atoms with E-state index in [-0.39, 0.29) is 11.4 Å². The predicted octanol–water partition coefficient (Wildman–Crippen LogP) is 2.64. The Kier molecular flexibility index (Phi) is 6.33. The maximum atomic E-state index is 13.8. The second-order valence-electron chi connectivity index (χ2n) is 5.97. The molecule has 26 heavy (non-hydrogen) atoms. The normalized spacial score (nSPS) is 12.7. The highest BCUT2D eigenvalue weighted by molar-refractivity contribution is 7.89. The number of nitrogens with zero attached hydrogens (tertiary/aromatic N) is 1. The molecule has 8 heteroatoms. The number of hydrogen-bond acceptors (Lipinski definition) is 3. The van der Waals surface area contributed by atoms with Gasteiger partial charge in [0.15, 0.2) is 0 Å². The SMILES string of the molecule is C[C@@H](NC(=O)NCc1ccccc1S(=O)(=O)N(C)C)c1ccccc1F. The number of urea groups is 1. The number of benzene rings is 2. The molecule has 0 aliphatic rings. The van der Waals surface area contributed by atoms with Gasteiger partial charge in [0.05, 0.1) is 10.9 Å². The average molecular weight is 379 g/mol. The van der Waals surface area contributed by atoms with E-state index in [4.69, 9.17) is 0 Å². The number of rotatable bonds is 6. The topological polar surface area (TPSA) is 78.5 Å². The summed E-state index contributed by atoms with van der Waals surface area (Å²) in [4.78, 5) is 12.2. The molecule has 2 amide bonds. The maximum absolute atomic E-state index is 13.8. The third-order valence-electron chi connectivity index (χ3n) is 3.89. The van der Waals surface area contributed by atoms with Gasteiger partial charge in [-0.1, -0.05) is 36.4 Å². The number of carbonyl (C=O) groups excluding carboxylic acids is 1. The molecular weight excluding hydrogens is 357 g/mol. The van der Waals surface area contributed by atoms with Crippen LogP contribution in [0, 0.1) is 5.82 Å². The third-order valence-corrected chi connectivity index (χ3v) is 5.81. The molecule has 0 bridgehead atoms. The van der Waals surface area contributed by atoms with Crippen LogP contribution in [0.3, 0.4) is 0 Å². The summed E-state index contributed by atoms with van der Waals surface area (Å²) in [5, 5.41) is 5.25. The van der Waals surface area contributed by atoms with Crippen molar-refractivity contribution in [2.45, 2.75) is 24.4 Å². The molecule has 2 rings (SSSR count).